The van der Waals surface area contributed by atoms with Gasteiger partial charge in [0.25, 0.3) is 0 Å². The van der Waals surface area contributed by atoms with Gasteiger partial charge in [-0.3, -0.25) is 4.79 Å². The van der Waals surface area contributed by atoms with Crippen molar-refractivity contribution in [3.05, 3.63) is 87.7 Å². The molecule has 33 heavy (non-hydrogen) atoms. The molecular weight excluding hydrogens is 510 g/mol. The summed E-state index contributed by atoms with van der Waals surface area (Å²) in [4.78, 5) is 25.0. The predicted octanol–water partition coefficient (Wildman–Crippen LogP) is 0.993. The van der Waals surface area contributed by atoms with Crippen molar-refractivity contribution in [1.82, 2.24) is 0 Å². The maximum atomic E-state index is 13.0. The molecule has 0 bridgehead atoms. The van der Waals surface area contributed by atoms with E-state index in [4.69, 9.17) is 21.1 Å². The Morgan fingerprint density at radius 3 is 2.55 bits per heavy atom. The molecule has 0 saturated heterocycles. The zero-order chi connectivity index (χ0) is 22.8. The summed E-state index contributed by atoms with van der Waals surface area (Å²) in [5.74, 6) is -0.274. The van der Waals surface area contributed by atoms with Crippen molar-refractivity contribution in [3.63, 3.8) is 0 Å². The molecule has 0 amide bonds. The van der Waals surface area contributed by atoms with Crippen molar-refractivity contribution in [3.8, 4) is 11.5 Å². The van der Waals surface area contributed by atoms with Crippen LogP contribution in [0.1, 0.15) is 37.4 Å². The van der Waals surface area contributed by atoms with Crippen LogP contribution in [0.3, 0.4) is 0 Å². The fraction of sp³-hybridized carbons (Fsp3) is 0.240. The number of halogens is 2. The summed E-state index contributed by atoms with van der Waals surface area (Å²) in [6.45, 7) is 0.495. The van der Waals surface area contributed by atoms with Crippen LogP contribution in [0.4, 0.5) is 0 Å². The minimum absolute atomic E-state index is 0. The summed E-state index contributed by atoms with van der Waals surface area (Å²) in [5.41, 5.74) is 3.28. The summed E-state index contributed by atoms with van der Waals surface area (Å²) in [5, 5.41) is 10.4. The molecule has 1 aromatic heterocycles. The lowest BCUT2D eigenvalue weighted by molar-refractivity contribution is -0.688. The topological polar surface area (TPSA) is 76.7 Å². The second-order valence-electron chi connectivity index (χ2n) is 7.82. The van der Waals surface area contributed by atoms with Crippen LogP contribution in [0.2, 0.25) is 5.02 Å². The third-order valence-corrected chi connectivity index (χ3v) is 6.01. The van der Waals surface area contributed by atoms with Gasteiger partial charge in [0, 0.05) is 28.1 Å². The first-order valence-electron chi connectivity index (χ1n) is 10.2. The summed E-state index contributed by atoms with van der Waals surface area (Å²) < 4.78 is 12.5. The number of rotatable bonds is 7. The number of fused-ring (bicyclic) bond motifs is 1. The molecule has 1 unspecified atom stereocenters. The number of carbonyl (C=O) groups excluding carboxylic acids is 1. The molecule has 1 aliphatic rings. The Bertz CT molecular complexity index is 1210. The first-order chi connectivity index (χ1) is 15.4. The van der Waals surface area contributed by atoms with Gasteiger partial charge in [-0.15, -0.1) is 0 Å². The number of aromatic carboxylic acids is 1. The summed E-state index contributed by atoms with van der Waals surface area (Å²) in [6.07, 6.45) is 4.32. The minimum atomic E-state index is -1.02. The number of ether oxygens (including phenoxy) is 2. The third-order valence-electron chi connectivity index (χ3n) is 5.77. The van der Waals surface area contributed by atoms with Gasteiger partial charge >= 0.3 is 5.97 Å². The van der Waals surface area contributed by atoms with Gasteiger partial charge in [0.15, 0.2) is 36.2 Å². The molecule has 6 nitrogen and oxygen atoms in total. The van der Waals surface area contributed by atoms with E-state index >= 15 is 0 Å². The third kappa shape index (κ3) is 5.20. The number of methoxy groups -OCH3 is 2. The standard InChI is InChI=1S/C25H22ClNO5.BrH/c1-31-22-11-17-10-18(24(28)20(17)12-23(22)32-2)9-16-6-7-27(14-21(16)25(29)30)13-15-4-3-5-19(26)8-15;/h3-8,11-12,14,18H,9-10,13H2,1-2H3;1H. The SMILES string of the molecule is COc1cc2c(cc1OC)C(=O)C(Cc1cc[n+](Cc3cccc(Cl)c3)cc1C(=O)O)C2.[Br-]. The predicted molar refractivity (Wildman–Crippen MR) is 119 cm³/mol. The van der Waals surface area contributed by atoms with Crippen LogP contribution >= 0.6 is 11.6 Å². The van der Waals surface area contributed by atoms with Crippen molar-refractivity contribution >= 4 is 23.4 Å². The average molecular weight is 533 g/mol. The van der Waals surface area contributed by atoms with Crippen molar-refractivity contribution in [2.45, 2.75) is 19.4 Å². The molecule has 1 atom stereocenters. The van der Waals surface area contributed by atoms with Gasteiger partial charge in [-0.25, -0.2) is 4.79 Å². The smallest absolute Gasteiger partial charge is 0.342 e. The first-order valence-corrected chi connectivity index (χ1v) is 10.6. The molecule has 3 aromatic rings. The molecule has 0 aliphatic heterocycles. The van der Waals surface area contributed by atoms with E-state index in [0.29, 0.717) is 47.0 Å². The molecular formula is C25H23BrClNO5. The van der Waals surface area contributed by atoms with Gasteiger partial charge in [0.2, 0.25) is 0 Å². The Kier molecular flexibility index (Phi) is 7.76. The highest BCUT2D eigenvalue weighted by Crippen LogP contribution is 2.37. The Hall–Kier alpha value is -2.90. The quantitative estimate of drug-likeness (QED) is 0.460. The maximum Gasteiger partial charge on any atom is 0.342 e. The van der Waals surface area contributed by atoms with E-state index in [1.807, 2.05) is 30.5 Å². The number of Topliss-reactive ketones (excluding diaryl/α,β-unsaturated/α-hetero) is 1. The molecule has 8 heteroatoms. The Balaban J connectivity index is 0.00000306. The van der Waals surface area contributed by atoms with E-state index in [1.165, 1.54) is 7.11 Å². The normalized spacial score (nSPS) is 14.4. The molecule has 172 valence electrons. The zero-order valence-corrected chi connectivity index (χ0v) is 20.5. The number of nitrogens with zero attached hydrogens (tertiary/aromatic N) is 1. The Morgan fingerprint density at radius 2 is 1.88 bits per heavy atom. The van der Waals surface area contributed by atoms with Crippen LogP contribution in [0, 0.1) is 5.92 Å². The lowest BCUT2D eigenvalue weighted by Gasteiger charge is -2.10. The van der Waals surface area contributed by atoms with Crippen molar-refractivity contribution in [2.24, 2.45) is 5.92 Å². The van der Waals surface area contributed by atoms with E-state index in [0.717, 1.165) is 11.1 Å². The summed E-state index contributed by atoms with van der Waals surface area (Å²) in [7, 11) is 3.09. The Morgan fingerprint density at radius 1 is 1.15 bits per heavy atom. The van der Waals surface area contributed by atoms with E-state index in [1.54, 1.807) is 36.1 Å². The summed E-state index contributed by atoms with van der Waals surface area (Å²) >= 11 is 6.05. The molecule has 4 rings (SSSR count). The van der Waals surface area contributed by atoms with E-state index in [9.17, 15) is 14.7 Å². The fourth-order valence-electron chi connectivity index (χ4n) is 4.21. The highest BCUT2D eigenvalue weighted by atomic mass is 79.9. The number of ketones is 1. The molecule has 0 saturated carbocycles. The van der Waals surface area contributed by atoms with Crippen LogP contribution < -0.4 is 31.0 Å². The highest BCUT2D eigenvalue weighted by molar-refractivity contribution is 6.30. The van der Waals surface area contributed by atoms with Gasteiger partial charge < -0.3 is 31.6 Å². The number of benzene rings is 2. The molecule has 1 N–H and O–H groups in total. The van der Waals surface area contributed by atoms with Gasteiger partial charge in [0.05, 0.1) is 14.2 Å². The first kappa shape index (κ1) is 24.7. The second-order valence-corrected chi connectivity index (χ2v) is 8.26. The van der Waals surface area contributed by atoms with Gasteiger partial charge in [-0.05, 0) is 48.2 Å². The number of carboxylic acids is 1. The number of pyridine rings is 1. The van der Waals surface area contributed by atoms with Crippen molar-refractivity contribution in [1.29, 1.82) is 0 Å². The Labute approximate surface area is 207 Å². The second kappa shape index (κ2) is 10.4. The van der Waals surface area contributed by atoms with E-state index in [-0.39, 0.29) is 34.2 Å². The lowest BCUT2D eigenvalue weighted by atomic mass is 9.93. The molecule has 0 fully saturated rings. The van der Waals surface area contributed by atoms with Crippen LogP contribution in [0.25, 0.3) is 0 Å². The average Bonchev–Trinajstić information content (AvgIpc) is 3.08. The number of hydrogen-bond donors (Lipinski definition) is 1. The van der Waals surface area contributed by atoms with Crippen molar-refractivity contribution in [2.75, 3.05) is 14.2 Å². The van der Waals surface area contributed by atoms with Crippen LogP contribution in [-0.4, -0.2) is 31.1 Å². The van der Waals surface area contributed by atoms with Crippen LogP contribution in [0.5, 0.6) is 11.5 Å². The van der Waals surface area contributed by atoms with E-state index in [2.05, 4.69) is 0 Å². The minimum Gasteiger partial charge on any atom is -1.00 e. The highest BCUT2D eigenvalue weighted by Gasteiger charge is 2.33. The fourth-order valence-corrected chi connectivity index (χ4v) is 4.42. The van der Waals surface area contributed by atoms with Gasteiger partial charge in [-0.2, -0.15) is 4.57 Å². The van der Waals surface area contributed by atoms with Crippen LogP contribution in [-0.2, 0) is 19.4 Å². The van der Waals surface area contributed by atoms with E-state index < -0.39 is 5.97 Å². The zero-order valence-electron chi connectivity index (χ0n) is 18.2. The van der Waals surface area contributed by atoms with Gasteiger partial charge in [-0.1, -0.05) is 23.7 Å². The number of hydrogen-bond acceptors (Lipinski definition) is 4. The molecule has 1 aliphatic carbocycles. The molecule has 0 radical (unpaired) electrons. The number of carbonyl (C=O) groups is 2. The van der Waals surface area contributed by atoms with Gasteiger partial charge in [0.1, 0.15) is 5.56 Å². The molecule has 1 heterocycles. The number of carboxylic acid groups (broad SMARTS) is 1. The summed E-state index contributed by atoms with van der Waals surface area (Å²) in [6, 6.07) is 12.8. The molecule has 0 spiro atoms. The lowest BCUT2D eigenvalue weighted by Crippen LogP contribution is -3.00. The van der Waals surface area contributed by atoms with Crippen LogP contribution in [0.15, 0.2) is 54.9 Å². The largest absolute Gasteiger partial charge is 1.00 e. The maximum absolute atomic E-state index is 13.0. The number of aromatic nitrogens is 1. The monoisotopic (exact) mass is 531 g/mol. The molecule has 2 aromatic carbocycles. The van der Waals surface area contributed by atoms with Crippen molar-refractivity contribution < 1.29 is 45.7 Å².